The van der Waals surface area contributed by atoms with E-state index in [2.05, 4.69) is 18.7 Å². The predicted octanol–water partition coefficient (Wildman–Crippen LogP) is 3.24. The summed E-state index contributed by atoms with van der Waals surface area (Å²) in [6, 6.07) is 4.65. The molecule has 1 aromatic rings. The first-order chi connectivity index (χ1) is 8.49. The van der Waals surface area contributed by atoms with Gasteiger partial charge in [-0.15, -0.1) is 0 Å². The summed E-state index contributed by atoms with van der Waals surface area (Å²) >= 11 is 5.82. The maximum absolute atomic E-state index is 13.2. The van der Waals surface area contributed by atoms with E-state index in [1.165, 1.54) is 6.07 Å². The van der Waals surface area contributed by atoms with E-state index in [0.717, 1.165) is 25.1 Å². The molecular formula is C14H19ClFNO. The zero-order valence-corrected chi connectivity index (χ0v) is 11.5. The SMILES string of the molecule is CC(C)CN1CCC(O)C1c1ccc(F)c(Cl)c1. The van der Waals surface area contributed by atoms with Crippen LogP contribution in [-0.4, -0.2) is 29.2 Å². The Bertz CT molecular complexity index is 424. The number of rotatable bonds is 3. The van der Waals surface area contributed by atoms with Gasteiger partial charge in [-0.25, -0.2) is 4.39 Å². The van der Waals surface area contributed by atoms with Crippen LogP contribution in [0.25, 0.3) is 0 Å². The minimum Gasteiger partial charge on any atom is -0.391 e. The topological polar surface area (TPSA) is 23.5 Å². The molecule has 0 amide bonds. The molecule has 1 aliphatic heterocycles. The standard InChI is InChI=1S/C14H19ClFNO/c1-9(2)8-17-6-5-13(18)14(17)10-3-4-12(16)11(15)7-10/h3-4,7,9,13-14,18H,5-6,8H2,1-2H3. The largest absolute Gasteiger partial charge is 0.391 e. The van der Waals surface area contributed by atoms with Crippen LogP contribution in [0.1, 0.15) is 31.9 Å². The zero-order chi connectivity index (χ0) is 13.3. The minimum absolute atomic E-state index is 0.0644. The van der Waals surface area contributed by atoms with Crippen molar-refractivity contribution in [2.45, 2.75) is 32.4 Å². The number of nitrogens with zero attached hydrogens (tertiary/aromatic N) is 1. The number of aliphatic hydroxyl groups excluding tert-OH is 1. The van der Waals surface area contributed by atoms with Crippen molar-refractivity contribution in [3.05, 3.63) is 34.6 Å². The van der Waals surface area contributed by atoms with Crippen molar-refractivity contribution in [1.82, 2.24) is 4.90 Å². The fourth-order valence-electron chi connectivity index (χ4n) is 2.64. The first-order valence-electron chi connectivity index (χ1n) is 6.36. The van der Waals surface area contributed by atoms with E-state index in [1.54, 1.807) is 12.1 Å². The van der Waals surface area contributed by atoms with Gasteiger partial charge >= 0.3 is 0 Å². The van der Waals surface area contributed by atoms with Gasteiger partial charge in [-0.3, -0.25) is 4.90 Å². The van der Waals surface area contributed by atoms with E-state index >= 15 is 0 Å². The van der Waals surface area contributed by atoms with E-state index in [9.17, 15) is 9.50 Å². The molecule has 2 nitrogen and oxygen atoms in total. The third-order valence-corrected chi connectivity index (χ3v) is 3.64. The van der Waals surface area contributed by atoms with Crippen LogP contribution in [0.15, 0.2) is 18.2 Å². The lowest BCUT2D eigenvalue weighted by Gasteiger charge is -2.28. The van der Waals surface area contributed by atoms with Crippen molar-refractivity contribution in [2.24, 2.45) is 5.92 Å². The molecule has 1 saturated heterocycles. The van der Waals surface area contributed by atoms with Gasteiger partial charge in [0.25, 0.3) is 0 Å². The highest BCUT2D eigenvalue weighted by molar-refractivity contribution is 6.30. The van der Waals surface area contributed by atoms with Crippen LogP contribution in [-0.2, 0) is 0 Å². The highest BCUT2D eigenvalue weighted by Gasteiger charge is 2.34. The summed E-state index contributed by atoms with van der Waals surface area (Å²) in [7, 11) is 0. The maximum Gasteiger partial charge on any atom is 0.141 e. The molecule has 1 aliphatic rings. The molecule has 0 aromatic heterocycles. The lowest BCUT2D eigenvalue weighted by Crippen LogP contribution is -2.30. The summed E-state index contributed by atoms with van der Waals surface area (Å²) in [5.74, 6) is 0.122. The Morgan fingerprint density at radius 3 is 2.83 bits per heavy atom. The summed E-state index contributed by atoms with van der Waals surface area (Å²) in [5.41, 5.74) is 0.895. The van der Waals surface area contributed by atoms with Crippen LogP contribution in [0, 0.1) is 11.7 Å². The molecule has 18 heavy (non-hydrogen) atoms. The van der Waals surface area contributed by atoms with E-state index < -0.39 is 11.9 Å². The second-order valence-corrected chi connectivity index (χ2v) is 5.77. The van der Waals surface area contributed by atoms with Gasteiger partial charge in [0.1, 0.15) is 5.82 Å². The second-order valence-electron chi connectivity index (χ2n) is 5.36. The van der Waals surface area contributed by atoms with Crippen LogP contribution >= 0.6 is 11.6 Å². The van der Waals surface area contributed by atoms with Crippen molar-refractivity contribution in [3.63, 3.8) is 0 Å². The zero-order valence-electron chi connectivity index (χ0n) is 10.7. The van der Waals surface area contributed by atoms with Gasteiger partial charge in [-0.2, -0.15) is 0 Å². The molecule has 2 unspecified atom stereocenters. The molecule has 2 rings (SSSR count). The summed E-state index contributed by atoms with van der Waals surface area (Å²) in [4.78, 5) is 2.25. The van der Waals surface area contributed by atoms with Gasteiger partial charge < -0.3 is 5.11 Å². The third kappa shape index (κ3) is 2.85. The van der Waals surface area contributed by atoms with E-state index in [4.69, 9.17) is 11.6 Å². The second kappa shape index (κ2) is 5.55. The molecule has 1 fully saturated rings. The van der Waals surface area contributed by atoms with Gasteiger partial charge in [0, 0.05) is 13.1 Å². The molecule has 0 spiro atoms. The number of hydrogen-bond acceptors (Lipinski definition) is 2. The molecule has 4 heteroatoms. The molecule has 100 valence electrons. The summed E-state index contributed by atoms with van der Waals surface area (Å²) in [6.45, 7) is 6.11. The highest BCUT2D eigenvalue weighted by atomic mass is 35.5. The number of likely N-dealkylation sites (tertiary alicyclic amines) is 1. The molecule has 0 bridgehead atoms. The Morgan fingerprint density at radius 2 is 2.22 bits per heavy atom. The summed E-state index contributed by atoms with van der Waals surface area (Å²) in [5, 5.41) is 10.2. The molecule has 0 radical (unpaired) electrons. The Hall–Kier alpha value is -0.640. The van der Waals surface area contributed by atoms with Gasteiger partial charge in [-0.05, 0) is 30.0 Å². The molecule has 0 saturated carbocycles. The van der Waals surface area contributed by atoms with Gasteiger partial charge in [-0.1, -0.05) is 31.5 Å². The normalized spacial score (nSPS) is 25.0. The quantitative estimate of drug-likeness (QED) is 0.912. The molecule has 1 aromatic carbocycles. The van der Waals surface area contributed by atoms with Crippen molar-refractivity contribution in [3.8, 4) is 0 Å². The van der Waals surface area contributed by atoms with Gasteiger partial charge in [0.2, 0.25) is 0 Å². The molecule has 0 aliphatic carbocycles. The van der Waals surface area contributed by atoms with E-state index in [1.807, 2.05) is 0 Å². The smallest absolute Gasteiger partial charge is 0.141 e. The molecule has 1 N–H and O–H groups in total. The molecule has 2 atom stereocenters. The molecule has 1 heterocycles. The summed E-state index contributed by atoms with van der Waals surface area (Å²) < 4.78 is 13.2. The first kappa shape index (κ1) is 13.8. The van der Waals surface area contributed by atoms with Crippen LogP contribution < -0.4 is 0 Å². The Kier molecular flexibility index (Phi) is 4.25. The Labute approximate surface area is 112 Å². The van der Waals surface area contributed by atoms with Crippen LogP contribution in [0.4, 0.5) is 4.39 Å². The lowest BCUT2D eigenvalue weighted by atomic mass is 10.0. The minimum atomic E-state index is -0.414. The Balaban J connectivity index is 2.24. The number of hydrogen-bond donors (Lipinski definition) is 1. The highest BCUT2D eigenvalue weighted by Crippen LogP contribution is 2.34. The van der Waals surface area contributed by atoms with Crippen molar-refractivity contribution in [2.75, 3.05) is 13.1 Å². The Morgan fingerprint density at radius 1 is 1.50 bits per heavy atom. The van der Waals surface area contributed by atoms with E-state index in [0.29, 0.717) is 5.92 Å². The predicted molar refractivity (Wildman–Crippen MR) is 71.2 cm³/mol. The first-order valence-corrected chi connectivity index (χ1v) is 6.74. The summed E-state index contributed by atoms with van der Waals surface area (Å²) in [6.07, 6.45) is 0.358. The monoisotopic (exact) mass is 271 g/mol. The number of halogens is 2. The number of benzene rings is 1. The van der Waals surface area contributed by atoms with Crippen molar-refractivity contribution >= 4 is 11.6 Å². The van der Waals surface area contributed by atoms with Gasteiger partial charge in [0.15, 0.2) is 0 Å². The fourth-order valence-corrected chi connectivity index (χ4v) is 2.83. The van der Waals surface area contributed by atoms with Crippen LogP contribution in [0.5, 0.6) is 0 Å². The van der Waals surface area contributed by atoms with Crippen molar-refractivity contribution in [1.29, 1.82) is 0 Å². The fraction of sp³-hybridized carbons (Fsp3) is 0.571. The van der Waals surface area contributed by atoms with Crippen LogP contribution in [0.3, 0.4) is 0 Å². The maximum atomic E-state index is 13.2. The van der Waals surface area contributed by atoms with E-state index in [-0.39, 0.29) is 11.1 Å². The average molecular weight is 272 g/mol. The van der Waals surface area contributed by atoms with Crippen molar-refractivity contribution < 1.29 is 9.50 Å². The average Bonchev–Trinajstić information content (AvgIpc) is 2.63. The van der Waals surface area contributed by atoms with Crippen LogP contribution in [0.2, 0.25) is 5.02 Å². The number of aliphatic hydroxyl groups is 1. The van der Waals surface area contributed by atoms with Gasteiger partial charge in [0.05, 0.1) is 17.2 Å². The lowest BCUT2D eigenvalue weighted by molar-refractivity contribution is 0.110. The molecular weight excluding hydrogens is 253 g/mol. The third-order valence-electron chi connectivity index (χ3n) is 3.35.